The second kappa shape index (κ2) is 10.2. The highest BCUT2D eigenvalue weighted by molar-refractivity contribution is 9.10. The van der Waals surface area contributed by atoms with Crippen LogP contribution in [0.4, 0.5) is 0 Å². The molecule has 2 rings (SSSR count). The zero-order valence-corrected chi connectivity index (χ0v) is 15.6. The highest BCUT2D eigenvalue weighted by Crippen LogP contribution is 2.22. The van der Waals surface area contributed by atoms with Crippen LogP contribution in [-0.2, 0) is 11.2 Å². The van der Waals surface area contributed by atoms with Crippen LogP contribution in [0.5, 0.6) is 0 Å². The minimum Gasteiger partial charge on any atom is -0.343 e. The Morgan fingerprint density at radius 3 is 2.64 bits per heavy atom. The predicted molar refractivity (Wildman–Crippen MR) is 97.6 cm³/mol. The standard InChI is InChI=1S/C17H25BrN2O.ClH/c1-19-11-8-14-9-12-20(13-10-14)17(21)7-6-15-4-2-3-5-16(15)18;/h2-5,14,19H,6-13H2,1H3;1H. The molecule has 0 unspecified atom stereocenters. The molecule has 0 aliphatic carbocycles. The molecule has 5 heteroatoms. The third-order valence-corrected chi connectivity index (χ3v) is 5.11. The summed E-state index contributed by atoms with van der Waals surface area (Å²) in [5.74, 6) is 1.09. The molecule has 124 valence electrons. The zero-order valence-electron chi connectivity index (χ0n) is 13.2. The van der Waals surface area contributed by atoms with E-state index in [1.807, 2.05) is 30.1 Å². The van der Waals surface area contributed by atoms with Gasteiger partial charge in [0, 0.05) is 24.0 Å². The summed E-state index contributed by atoms with van der Waals surface area (Å²) in [7, 11) is 2.00. The fourth-order valence-electron chi connectivity index (χ4n) is 2.92. The van der Waals surface area contributed by atoms with Gasteiger partial charge in [0.2, 0.25) is 5.91 Å². The van der Waals surface area contributed by atoms with E-state index in [-0.39, 0.29) is 12.4 Å². The third-order valence-electron chi connectivity index (χ3n) is 4.34. The molecule has 0 atom stereocenters. The molecule has 1 amide bonds. The van der Waals surface area contributed by atoms with Gasteiger partial charge in [-0.25, -0.2) is 0 Å². The third kappa shape index (κ3) is 5.90. The van der Waals surface area contributed by atoms with Gasteiger partial charge in [0.1, 0.15) is 0 Å². The first-order valence-electron chi connectivity index (χ1n) is 7.86. The van der Waals surface area contributed by atoms with Gasteiger partial charge in [-0.2, -0.15) is 0 Å². The van der Waals surface area contributed by atoms with Crippen LogP contribution in [0.15, 0.2) is 28.7 Å². The maximum atomic E-state index is 12.3. The Kier molecular flexibility index (Phi) is 9.06. The fourth-order valence-corrected chi connectivity index (χ4v) is 3.40. The molecule has 1 aromatic carbocycles. The van der Waals surface area contributed by atoms with Crippen LogP contribution in [0.25, 0.3) is 0 Å². The van der Waals surface area contributed by atoms with E-state index in [2.05, 4.69) is 27.3 Å². The van der Waals surface area contributed by atoms with Crippen LogP contribution in [0.2, 0.25) is 0 Å². The number of amides is 1. The second-order valence-corrected chi connectivity index (χ2v) is 6.66. The summed E-state index contributed by atoms with van der Waals surface area (Å²) in [5.41, 5.74) is 1.22. The molecule has 1 N–H and O–H groups in total. The van der Waals surface area contributed by atoms with Crippen molar-refractivity contribution in [3.05, 3.63) is 34.3 Å². The Labute approximate surface area is 148 Å². The molecule has 0 aromatic heterocycles. The maximum absolute atomic E-state index is 12.3. The van der Waals surface area contributed by atoms with Gasteiger partial charge >= 0.3 is 0 Å². The smallest absolute Gasteiger partial charge is 0.222 e. The van der Waals surface area contributed by atoms with Crippen molar-refractivity contribution in [1.82, 2.24) is 10.2 Å². The second-order valence-electron chi connectivity index (χ2n) is 5.81. The maximum Gasteiger partial charge on any atom is 0.222 e. The molecule has 1 saturated heterocycles. The van der Waals surface area contributed by atoms with Gasteiger partial charge in [0.15, 0.2) is 0 Å². The number of likely N-dealkylation sites (tertiary alicyclic amines) is 1. The molecule has 1 aliphatic rings. The van der Waals surface area contributed by atoms with Crippen molar-refractivity contribution in [3.63, 3.8) is 0 Å². The van der Waals surface area contributed by atoms with E-state index >= 15 is 0 Å². The molecular formula is C17H26BrClN2O. The first-order chi connectivity index (χ1) is 10.2. The van der Waals surface area contributed by atoms with E-state index < -0.39 is 0 Å². The lowest BCUT2D eigenvalue weighted by atomic mass is 9.93. The molecule has 0 saturated carbocycles. The molecule has 0 radical (unpaired) electrons. The van der Waals surface area contributed by atoms with Gasteiger partial charge in [-0.05, 0) is 56.8 Å². The van der Waals surface area contributed by atoms with Crippen LogP contribution >= 0.6 is 28.3 Å². The van der Waals surface area contributed by atoms with E-state index in [1.165, 1.54) is 12.0 Å². The quantitative estimate of drug-likeness (QED) is 0.805. The molecule has 0 spiro atoms. The number of halogens is 2. The van der Waals surface area contributed by atoms with Crippen molar-refractivity contribution in [2.45, 2.75) is 32.1 Å². The molecular weight excluding hydrogens is 364 g/mol. The minimum atomic E-state index is 0. The zero-order chi connectivity index (χ0) is 15.1. The molecule has 1 aliphatic heterocycles. The molecule has 0 bridgehead atoms. The van der Waals surface area contributed by atoms with E-state index in [0.717, 1.165) is 49.3 Å². The van der Waals surface area contributed by atoms with Gasteiger partial charge in [0.25, 0.3) is 0 Å². The fraction of sp³-hybridized carbons (Fsp3) is 0.588. The Morgan fingerprint density at radius 1 is 1.32 bits per heavy atom. The summed E-state index contributed by atoms with van der Waals surface area (Å²) in [6.07, 6.45) is 4.98. The number of benzene rings is 1. The number of nitrogens with zero attached hydrogens (tertiary/aromatic N) is 1. The number of carbonyl (C=O) groups excluding carboxylic acids is 1. The summed E-state index contributed by atoms with van der Waals surface area (Å²) in [6, 6.07) is 8.15. The van der Waals surface area contributed by atoms with Gasteiger partial charge < -0.3 is 10.2 Å². The van der Waals surface area contributed by atoms with Crippen LogP contribution in [-0.4, -0.2) is 37.5 Å². The van der Waals surface area contributed by atoms with E-state index in [9.17, 15) is 4.79 Å². The summed E-state index contributed by atoms with van der Waals surface area (Å²) < 4.78 is 1.10. The van der Waals surface area contributed by atoms with Crippen molar-refractivity contribution >= 4 is 34.2 Å². The predicted octanol–water partition coefficient (Wildman–Crippen LogP) is 3.65. The average Bonchev–Trinajstić information content (AvgIpc) is 2.52. The Balaban J connectivity index is 0.00000242. The first kappa shape index (κ1) is 19.5. The number of hydrogen-bond acceptors (Lipinski definition) is 2. The van der Waals surface area contributed by atoms with Gasteiger partial charge in [-0.1, -0.05) is 34.1 Å². The number of piperidine rings is 1. The largest absolute Gasteiger partial charge is 0.343 e. The van der Waals surface area contributed by atoms with E-state index in [1.54, 1.807) is 0 Å². The lowest BCUT2D eigenvalue weighted by Gasteiger charge is -2.32. The molecule has 1 heterocycles. The summed E-state index contributed by atoms with van der Waals surface area (Å²) >= 11 is 3.54. The number of carbonyl (C=O) groups is 1. The van der Waals surface area contributed by atoms with Gasteiger partial charge in [-0.3, -0.25) is 4.79 Å². The molecule has 1 aromatic rings. The number of rotatable bonds is 6. The summed E-state index contributed by atoms with van der Waals surface area (Å²) in [5, 5.41) is 3.21. The van der Waals surface area contributed by atoms with Gasteiger partial charge in [0.05, 0.1) is 0 Å². The summed E-state index contributed by atoms with van der Waals surface area (Å²) in [4.78, 5) is 14.4. The minimum absolute atomic E-state index is 0. The number of aryl methyl sites for hydroxylation is 1. The van der Waals surface area contributed by atoms with Crippen LogP contribution in [0, 0.1) is 5.92 Å². The number of hydrogen-bond donors (Lipinski definition) is 1. The highest BCUT2D eigenvalue weighted by atomic mass is 79.9. The molecule has 3 nitrogen and oxygen atoms in total. The summed E-state index contributed by atoms with van der Waals surface area (Å²) in [6.45, 7) is 2.95. The van der Waals surface area contributed by atoms with Crippen molar-refractivity contribution < 1.29 is 4.79 Å². The van der Waals surface area contributed by atoms with Gasteiger partial charge in [-0.15, -0.1) is 12.4 Å². The van der Waals surface area contributed by atoms with E-state index in [4.69, 9.17) is 0 Å². The SMILES string of the molecule is CNCCC1CCN(C(=O)CCc2ccccc2Br)CC1.Cl. The highest BCUT2D eigenvalue weighted by Gasteiger charge is 2.22. The first-order valence-corrected chi connectivity index (χ1v) is 8.65. The van der Waals surface area contributed by atoms with E-state index in [0.29, 0.717) is 12.3 Å². The molecule has 1 fully saturated rings. The Morgan fingerprint density at radius 2 is 2.00 bits per heavy atom. The van der Waals surface area contributed by atoms with Crippen molar-refractivity contribution in [2.75, 3.05) is 26.7 Å². The van der Waals surface area contributed by atoms with Crippen molar-refractivity contribution in [2.24, 2.45) is 5.92 Å². The number of nitrogens with one attached hydrogen (secondary N) is 1. The molecule has 22 heavy (non-hydrogen) atoms. The van der Waals surface area contributed by atoms with Crippen LogP contribution in [0.3, 0.4) is 0 Å². The monoisotopic (exact) mass is 388 g/mol. The van der Waals surface area contributed by atoms with Crippen LogP contribution in [0.1, 0.15) is 31.2 Å². The lowest BCUT2D eigenvalue weighted by molar-refractivity contribution is -0.132. The normalized spacial score (nSPS) is 15.5. The topological polar surface area (TPSA) is 32.3 Å². The van der Waals surface area contributed by atoms with Crippen molar-refractivity contribution in [3.8, 4) is 0 Å². The van der Waals surface area contributed by atoms with Crippen molar-refractivity contribution in [1.29, 1.82) is 0 Å². The lowest BCUT2D eigenvalue weighted by Crippen LogP contribution is -2.39. The Hall–Kier alpha value is -0.580. The Bertz CT molecular complexity index is 462. The van der Waals surface area contributed by atoms with Crippen LogP contribution < -0.4 is 5.32 Å². The average molecular weight is 390 g/mol.